The van der Waals surface area contributed by atoms with Gasteiger partial charge in [-0.3, -0.25) is 4.79 Å². The van der Waals surface area contributed by atoms with Crippen LogP contribution in [0, 0.1) is 0 Å². The van der Waals surface area contributed by atoms with Gasteiger partial charge in [0.1, 0.15) is 5.75 Å². The maximum atomic E-state index is 13.0. The zero-order valence-electron chi connectivity index (χ0n) is 16.5. The van der Waals surface area contributed by atoms with Gasteiger partial charge in [0.05, 0.1) is 29.6 Å². The van der Waals surface area contributed by atoms with Crippen LogP contribution in [-0.2, 0) is 21.2 Å². The second-order valence-electron chi connectivity index (χ2n) is 6.94. The minimum atomic E-state index is -3.86. The number of ether oxygens (including phenoxy) is 1. The Hall–Kier alpha value is -2.09. The molecule has 3 rings (SSSR count). The number of carbonyl (C=O) groups is 1. The highest BCUT2D eigenvalue weighted by Gasteiger charge is 2.28. The van der Waals surface area contributed by atoms with Crippen LogP contribution in [0.15, 0.2) is 47.4 Å². The predicted octanol–water partition coefficient (Wildman–Crippen LogP) is 3.55. The summed E-state index contributed by atoms with van der Waals surface area (Å²) in [5, 5.41) is 3.20. The van der Waals surface area contributed by atoms with Crippen molar-refractivity contribution < 1.29 is 17.9 Å². The van der Waals surface area contributed by atoms with E-state index in [1.54, 1.807) is 6.92 Å². The molecular formula is C21H25ClN2O4S. The lowest BCUT2D eigenvalue weighted by Crippen LogP contribution is -2.42. The Kier molecular flexibility index (Phi) is 6.82. The molecule has 0 spiro atoms. The molecule has 156 valence electrons. The molecule has 2 aromatic carbocycles. The second kappa shape index (κ2) is 9.15. The summed E-state index contributed by atoms with van der Waals surface area (Å²) in [7, 11) is -2.40. The van der Waals surface area contributed by atoms with Gasteiger partial charge in [0, 0.05) is 6.54 Å². The van der Waals surface area contributed by atoms with E-state index < -0.39 is 10.0 Å². The molecule has 29 heavy (non-hydrogen) atoms. The van der Waals surface area contributed by atoms with Gasteiger partial charge < -0.3 is 10.1 Å². The summed E-state index contributed by atoms with van der Waals surface area (Å²) in [4.78, 5) is 12.7. The summed E-state index contributed by atoms with van der Waals surface area (Å²) in [6, 6.07) is 12.2. The van der Waals surface area contributed by atoms with E-state index in [1.807, 2.05) is 18.2 Å². The van der Waals surface area contributed by atoms with Crippen molar-refractivity contribution >= 4 is 27.5 Å². The van der Waals surface area contributed by atoms with E-state index in [4.69, 9.17) is 16.3 Å². The fraction of sp³-hybridized carbons (Fsp3) is 0.381. The molecule has 0 bridgehead atoms. The van der Waals surface area contributed by atoms with Crippen LogP contribution in [0.2, 0.25) is 5.02 Å². The van der Waals surface area contributed by atoms with Crippen LogP contribution in [0.4, 0.5) is 0 Å². The smallest absolute Gasteiger partial charge is 0.243 e. The third-order valence-corrected chi connectivity index (χ3v) is 7.35. The molecule has 2 aromatic rings. The number of methoxy groups -OCH3 is 1. The Morgan fingerprint density at radius 2 is 2.03 bits per heavy atom. The van der Waals surface area contributed by atoms with E-state index in [1.165, 1.54) is 30.9 Å². The number of nitrogens with one attached hydrogen (secondary N) is 1. The third kappa shape index (κ3) is 4.74. The molecule has 1 amide bonds. The monoisotopic (exact) mass is 436 g/mol. The normalized spacial score (nSPS) is 16.3. The number of benzene rings is 2. The van der Waals surface area contributed by atoms with Crippen LogP contribution in [0.1, 0.15) is 36.9 Å². The summed E-state index contributed by atoms with van der Waals surface area (Å²) in [5.41, 5.74) is 2.34. The van der Waals surface area contributed by atoms with E-state index in [2.05, 4.69) is 11.4 Å². The van der Waals surface area contributed by atoms with Crippen molar-refractivity contribution in [2.24, 2.45) is 0 Å². The lowest BCUT2D eigenvalue weighted by molar-refractivity contribution is -0.122. The van der Waals surface area contributed by atoms with E-state index in [9.17, 15) is 13.2 Å². The highest BCUT2D eigenvalue weighted by Crippen LogP contribution is 2.30. The molecule has 0 radical (unpaired) electrons. The summed E-state index contributed by atoms with van der Waals surface area (Å²) >= 11 is 6.08. The number of amides is 1. The van der Waals surface area contributed by atoms with Gasteiger partial charge in [0.25, 0.3) is 0 Å². The second-order valence-corrected chi connectivity index (χ2v) is 9.28. The van der Waals surface area contributed by atoms with E-state index in [0.29, 0.717) is 5.75 Å². The van der Waals surface area contributed by atoms with Crippen LogP contribution in [-0.4, -0.2) is 38.8 Å². The van der Waals surface area contributed by atoms with E-state index >= 15 is 0 Å². The maximum Gasteiger partial charge on any atom is 0.243 e. The molecule has 0 saturated heterocycles. The standard InChI is InChI=1S/C21H25ClN2O4S/c1-3-24(29(26,27)16-11-12-20(28-2)18(22)13-16)14-21(25)23-19-10-6-8-15-7-4-5-9-17(15)19/h4-5,7,9,11-13,19H,3,6,8,10,14H2,1-2H3,(H,23,25)/t19-/m0/s1. The first-order valence-corrected chi connectivity index (χ1v) is 11.4. The molecule has 1 aliphatic rings. The molecule has 1 aliphatic carbocycles. The van der Waals surface area contributed by atoms with Crippen molar-refractivity contribution in [2.75, 3.05) is 20.2 Å². The summed E-state index contributed by atoms with van der Waals surface area (Å²) < 4.78 is 32.2. The van der Waals surface area contributed by atoms with Gasteiger partial charge in [0.2, 0.25) is 15.9 Å². The molecule has 0 aromatic heterocycles. The van der Waals surface area contributed by atoms with Crippen LogP contribution in [0.3, 0.4) is 0 Å². The SMILES string of the molecule is CCN(CC(=O)N[C@H]1CCCc2ccccc21)S(=O)(=O)c1ccc(OC)c(Cl)c1. The van der Waals surface area contributed by atoms with Gasteiger partial charge in [-0.05, 0) is 48.6 Å². The molecule has 1 N–H and O–H groups in total. The van der Waals surface area contributed by atoms with E-state index in [0.717, 1.165) is 29.1 Å². The highest BCUT2D eigenvalue weighted by molar-refractivity contribution is 7.89. The lowest BCUT2D eigenvalue weighted by atomic mass is 9.88. The minimum absolute atomic E-state index is 0.0287. The van der Waals surface area contributed by atoms with Crippen molar-refractivity contribution in [2.45, 2.75) is 37.1 Å². The number of nitrogens with zero attached hydrogens (tertiary/aromatic N) is 1. The molecule has 6 nitrogen and oxygen atoms in total. The third-order valence-electron chi connectivity index (χ3n) is 5.14. The Morgan fingerprint density at radius 1 is 1.28 bits per heavy atom. The summed E-state index contributed by atoms with van der Waals surface area (Å²) in [6.45, 7) is 1.62. The molecular weight excluding hydrogens is 412 g/mol. The van der Waals surface area contributed by atoms with Crippen LogP contribution < -0.4 is 10.1 Å². The quantitative estimate of drug-likeness (QED) is 0.720. The predicted molar refractivity (Wildman–Crippen MR) is 113 cm³/mol. The molecule has 0 unspecified atom stereocenters. The fourth-order valence-electron chi connectivity index (χ4n) is 3.63. The van der Waals surface area contributed by atoms with Crippen LogP contribution in [0.25, 0.3) is 0 Å². The number of rotatable bonds is 7. The topological polar surface area (TPSA) is 75.7 Å². The van der Waals surface area contributed by atoms with Crippen molar-refractivity contribution in [1.82, 2.24) is 9.62 Å². The average Bonchev–Trinajstić information content (AvgIpc) is 2.72. The maximum absolute atomic E-state index is 13.0. The Labute approximate surface area is 176 Å². The number of hydrogen-bond acceptors (Lipinski definition) is 4. The largest absolute Gasteiger partial charge is 0.495 e. The number of halogens is 1. The van der Waals surface area contributed by atoms with Crippen molar-refractivity contribution in [3.8, 4) is 5.75 Å². The molecule has 1 atom stereocenters. The Bertz CT molecular complexity index is 994. The molecule has 0 fully saturated rings. The van der Waals surface area contributed by atoms with Gasteiger partial charge in [-0.25, -0.2) is 8.42 Å². The molecule has 0 heterocycles. The summed E-state index contributed by atoms with van der Waals surface area (Å²) in [5.74, 6) is 0.0686. The van der Waals surface area contributed by atoms with Gasteiger partial charge in [-0.1, -0.05) is 42.8 Å². The van der Waals surface area contributed by atoms with Crippen LogP contribution in [0.5, 0.6) is 5.75 Å². The van der Waals surface area contributed by atoms with Gasteiger partial charge in [-0.2, -0.15) is 4.31 Å². The minimum Gasteiger partial charge on any atom is -0.495 e. The van der Waals surface area contributed by atoms with Crippen molar-refractivity contribution in [3.63, 3.8) is 0 Å². The number of aryl methyl sites for hydroxylation is 1. The summed E-state index contributed by atoms with van der Waals surface area (Å²) in [6.07, 6.45) is 2.83. The highest BCUT2D eigenvalue weighted by atomic mass is 35.5. The Morgan fingerprint density at radius 3 is 2.72 bits per heavy atom. The average molecular weight is 437 g/mol. The molecule has 0 saturated carbocycles. The zero-order chi connectivity index (χ0) is 21.0. The number of carbonyl (C=O) groups excluding carboxylic acids is 1. The fourth-order valence-corrected chi connectivity index (χ4v) is 5.38. The number of fused-ring (bicyclic) bond motifs is 1. The lowest BCUT2D eigenvalue weighted by Gasteiger charge is -2.27. The van der Waals surface area contributed by atoms with Gasteiger partial charge in [0.15, 0.2) is 0 Å². The number of hydrogen-bond donors (Lipinski definition) is 1. The first kappa shape index (κ1) is 21.6. The van der Waals surface area contributed by atoms with Crippen molar-refractivity contribution in [1.29, 1.82) is 0 Å². The number of likely N-dealkylation sites (N-methyl/N-ethyl adjacent to an activating group) is 1. The van der Waals surface area contributed by atoms with Gasteiger partial charge in [-0.15, -0.1) is 0 Å². The first-order valence-electron chi connectivity index (χ1n) is 9.57. The molecule has 0 aliphatic heterocycles. The molecule has 8 heteroatoms. The zero-order valence-corrected chi connectivity index (χ0v) is 18.1. The van der Waals surface area contributed by atoms with Crippen molar-refractivity contribution in [3.05, 3.63) is 58.6 Å². The number of sulfonamides is 1. The van der Waals surface area contributed by atoms with Gasteiger partial charge >= 0.3 is 0 Å². The van der Waals surface area contributed by atoms with E-state index in [-0.39, 0.29) is 35.0 Å². The van der Waals surface area contributed by atoms with Crippen LogP contribution >= 0.6 is 11.6 Å². The first-order chi connectivity index (χ1) is 13.9. The Balaban J connectivity index is 1.74.